The Bertz CT molecular complexity index is 649. The number of rotatable bonds is 4. The maximum Gasteiger partial charge on any atom is 0.252 e. The first-order valence-electron chi connectivity index (χ1n) is 7.61. The van der Waals surface area contributed by atoms with Crippen LogP contribution in [-0.4, -0.2) is 18.0 Å². The fraction of sp³-hybridized carbons (Fsp3) is 0.333. The number of aromatic nitrogens is 1. The van der Waals surface area contributed by atoms with Crippen molar-refractivity contribution in [1.82, 2.24) is 10.3 Å². The summed E-state index contributed by atoms with van der Waals surface area (Å²) in [6.07, 6.45) is 7.43. The number of hydrogen-bond acceptors (Lipinski definition) is 3. The molecule has 22 heavy (non-hydrogen) atoms. The number of pyridine rings is 1. The molecule has 114 valence electrons. The molecule has 1 N–H and O–H groups in total. The van der Waals surface area contributed by atoms with Crippen molar-refractivity contribution in [3.8, 4) is 5.75 Å². The molecule has 0 radical (unpaired) electrons. The van der Waals surface area contributed by atoms with Crippen LogP contribution in [0, 0.1) is 0 Å². The molecule has 1 aromatic heterocycles. The third-order valence-corrected chi connectivity index (χ3v) is 4.37. The van der Waals surface area contributed by atoms with Crippen LogP contribution in [0.1, 0.15) is 41.6 Å². The van der Waals surface area contributed by atoms with Crippen molar-refractivity contribution in [3.05, 3.63) is 59.9 Å². The number of nitrogens with one attached hydrogen (secondary N) is 1. The van der Waals surface area contributed by atoms with Crippen molar-refractivity contribution in [2.24, 2.45) is 0 Å². The van der Waals surface area contributed by atoms with E-state index >= 15 is 0 Å². The van der Waals surface area contributed by atoms with Crippen LogP contribution >= 0.6 is 0 Å². The van der Waals surface area contributed by atoms with Gasteiger partial charge >= 0.3 is 0 Å². The average molecular weight is 296 g/mol. The Morgan fingerprint density at radius 3 is 2.59 bits per heavy atom. The molecule has 0 atom stereocenters. The number of amides is 1. The fourth-order valence-corrected chi connectivity index (χ4v) is 3.18. The lowest BCUT2D eigenvalue weighted by molar-refractivity contribution is 0.0898. The smallest absolute Gasteiger partial charge is 0.252 e. The predicted octanol–water partition coefficient (Wildman–Crippen LogP) is 3.29. The molecule has 0 aliphatic heterocycles. The molecule has 0 bridgehead atoms. The second-order valence-corrected chi connectivity index (χ2v) is 5.71. The molecular formula is C18H20N2O2. The van der Waals surface area contributed by atoms with Gasteiger partial charge in [0.2, 0.25) is 0 Å². The summed E-state index contributed by atoms with van der Waals surface area (Å²) in [5.41, 5.74) is 1.46. The molecule has 2 aromatic rings. The molecule has 1 aliphatic carbocycles. The standard InChI is InChI=1S/C18H20N2O2/c1-22-16-6-4-5-15(13-16)18(9-2-3-10-18)20-17(21)14-7-11-19-12-8-14/h4-8,11-13H,2-3,9-10H2,1H3,(H,20,21). The minimum atomic E-state index is -0.297. The predicted molar refractivity (Wildman–Crippen MR) is 84.8 cm³/mol. The maximum atomic E-state index is 12.6. The second-order valence-electron chi connectivity index (χ2n) is 5.71. The average Bonchev–Trinajstić information content (AvgIpc) is 3.05. The Labute approximate surface area is 130 Å². The molecule has 0 spiro atoms. The van der Waals surface area contributed by atoms with E-state index in [0.717, 1.165) is 37.0 Å². The van der Waals surface area contributed by atoms with E-state index in [1.807, 2.05) is 18.2 Å². The third kappa shape index (κ3) is 2.82. The number of ether oxygens (including phenoxy) is 1. The number of benzene rings is 1. The van der Waals surface area contributed by atoms with Gasteiger partial charge in [0.25, 0.3) is 5.91 Å². The zero-order chi connectivity index (χ0) is 15.4. The molecule has 1 amide bonds. The zero-order valence-electron chi connectivity index (χ0n) is 12.7. The van der Waals surface area contributed by atoms with Gasteiger partial charge in [-0.2, -0.15) is 0 Å². The molecule has 4 nitrogen and oxygen atoms in total. The van der Waals surface area contributed by atoms with Crippen LogP contribution in [-0.2, 0) is 5.54 Å². The van der Waals surface area contributed by atoms with Crippen LogP contribution in [0.15, 0.2) is 48.8 Å². The number of hydrogen-bond donors (Lipinski definition) is 1. The van der Waals surface area contributed by atoms with Gasteiger partial charge in [-0.3, -0.25) is 9.78 Å². The summed E-state index contributed by atoms with van der Waals surface area (Å²) in [6.45, 7) is 0. The van der Waals surface area contributed by atoms with Crippen LogP contribution < -0.4 is 10.1 Å². The summed E-state index contributed by atoms with van der Waals surface area (Å²) in [5.74, 6) is 0.772. The van der Waals surface area contributed by atoms with Gasteiger partial charge in [0.15, 0.2) is 0 Å². The Hall–Kier alpha value is -2.36. The molecule has 1 fully saturated rings. The number of nitrogens with zero attached hydrogens (tertiary/aromatic N) is 1. The lowest BCUT2D eigenvalue weighted by atomic mass is 9.87. The van der Waals surface area contributed by atoms with Crippen molar-refractivity contribution in [3.63, 3.8) is 0 Å². The Morgan fingerprint density at radius 2 is 1.91 bits per heavy atom. The van der Waals surface area contributed by atoms with E-state index in [0.29, 0.717) is 5.56 Å². The van der Waals surface area contributed by atoms with E-state index in [2.05, 4.69) is 16.4 Å². The highest BCUT2D eigenvalue weighted by atomic mass is 16.5. The monoisotopic (exact) mass is 296 g/mol. The highest BCUT2D eigenvalue weighted by Crippen LogP contribution is 2.40. The van der Waals surface area contributed by atoms with Crippen LogP contribution in [0.4, 0.5) is 0 Å². The van der Waals surface area contributed by atoms with Crippen LogP contribution in [0.2, 0.25) is 0 Å². The van der Waals surface area contributed by atoms with E-state index in [1.165, 1.54) is 0 Å². The first-order chi connectivity index (χ1) is 10.7. The summed E-state index contributed by atoms with van der Waals surface area (Å²) >= 11 is 0. The van der Waals surface area contributed by atoms with Crippen molar-refractivity contribution < 1.29 is 9.53 Å². The summed E-state index contributed by atoms with van der Waals surface area (Å²) in [5, 5.41) is 3.25. The summed E-state index contributed by atoms with van der Waals surface area (Å²) in [7, 11) is 1.66. The van der Waals surface area contributed by atoms with Gasteiger partial charge in [0.1, 0.15) is 5.75 Å². The third-order valence-electron chi connectivity index (χ3n) is 4.37. The molecular weight excluding hydrogens is 276 g/mol. The lowest BCUT2D eigenvalue weighted by Crippen LogP contribution is -2.43. The zero-order valence-corrected chi connectivity index (χ0v) is 12.7. The molecule has 1 saturated carbocycles. The van der Waals surface area contributed by atoms with Gasteiger partial charge in [-0.25, -0.2) is 0 Å². The summed E-state index contributed by atoms with van der Waals surface area (Å²) < 4.78 is 5.33. The van der Waals surface area contributed by atoms with Gasteiger partial charge in [0, 0.05) is 18.0 Å². The largest absolute Gasteiger partial charge is 0.497 e. The van der Waals surface area contributed by atoms with Gasteiger partial charge in [-0.1, -0.05) is 25.0 Å². The van der Waals surface area contributed by atoms with Crippen LogP contribution in [0.5, 0.6) is 5.75 Å². The number of carbonyl (C=O) groups excluding carboxylic acids is 1. The van der Waals surface area contributed by atoms with E-state index in [4.69, 9.17) is 4.74 Å². The molecule has 1 aromatic carbocycles. The molecule has 1 heterocycles. The summed E-state index contributed by atoms with van der Waals surface area (Å²) in [6, 6.07) is 11.5. The number of carbonyl (C=O) groups is 1. The van der Waals surface area contributed by atoms with E-state index < -0.39 is 0 Å². The van der Waals surface area contributed by atoms with Crippen molar-refractivity contribution in [2.75, 3.05) is 7.11 Å². The SMILES string of the molecule is COc1cccc(C2(NC(=O)c3ccncc3)CCCC2)c1. The second kappa shape index (κ2) is 6.18. The molecule has 0 unspecified atom stereocenters. The van der Waals surface area contributed by atoms with Crippen molar-refractivity contribution >= 4 is 5.91 Å². The normalized spacial score (nSPS) is 16.2. The van der Waals surface area contributed by atoms with Gasteiger partial charge in [0.05, 0.1) is 12.6 Å². The minimum absolute atomic E-state index is 0.0490. The first-order valence-corrected chi connectivity index (χ1v) is 7.61. The Morgan fingerprint density at radius 1 is 1.18 bits per heavy atom. The van der Waals surface area contributed by atoms with Crippen molar-refractivity contribution in [2.45, 2.75) is 31.2 Å². The fourth-order valence-electron chi connectivity index (χ4n) is 3.18. The van der Waals surface area contributed by atoms with E-state index in [1.54, 1.807) is 31.6 Å². The molecule has 0 saturated heterocycles. The maximum absolute atomic E-state index is 12.6. The van der Waals surface area contributed by atoms with Gasteiger partial charge in [-0.15, -0.1) is 0 Å². The quantitative estimate of drug-likeness (QED) is 0.942. The van der Waals surface area contributed by atoms with Gasteiger partial charge in [-0.05, 0) is 42.7 Å². The Balaban J connectivity index is 1.90. The van der Waals surface area contributed by atoms with Gasteiger partial charge < -0.3 is 10.1 Å². The first kappa shape index (κ1) is 14.6. The molecule has 3 rings (SSSR count). The summed E-state index contributed by atoms with van der Waals surface area (Å²) in [4.78, 5) is 16.5. The van der Waals surface area contributed by atoms with E-state index in [9.17, 15) is 4.79 Å². The van der Waals surface area contributed by atoms with Crippen LogP contribution in [0.3, 0.4) is 0 Å². The van der Waals surface area contributed by atoms with Crippen LogP contribution in [0.25, 0.3) is 0 Å². The topological polar surface area (TPSA) is 51.2 Å². The number of methoxy groups -OCH3 is 1. The van der Waals surface area contributed by atoms with E-state index in [-0.39, 0.29) is 11.4 Å². The Kier molecular flexibility index (Phi) is 4.09. The lowest BCUT2D eigenvalue weighted by Gasteiger charge is -2.31. The minimum Gasteiger partial charge on any atom is -0.497 e. The molecule has 4 heteroatoms. The highest BCUT2D eigenvalue weighted by molar-refractivity contribution is 5.94. The van der Waals surface area contributed by atoms with Crippen molar-refractivity contribution in [1.29, 1.82) is 0 Å². The highest BCUT2D eigenvalue weighted by Gasteiger charge is 2.37. The molecule has 1 aliphatic rings.